The Morgan fingerprint density at radius 1 is 1.11 bits per heavy atom. The van der Waals surface area contributed by atoms with Crippen molar-refractivity contribution in [2.75, 3.05) is 26.2 Å². The third-order valence-corrected chi connectivity index (χ3v) is 7.76. The molecule has 0 saturated carbocycles. The number of aryl methyl sites for hydroxylation is 2. The lowest BCUT2D eigenvalue weighted by molar-refractivity contribution is -0.132. The van der Waals surface area contributed by atoms with E-state index < -0.39 is 10.0 Å². The normalized spacial score (nSPS) is 16.1. The maximum atomic E-state index is 12.8. The fourth-order valence-corrected chi connectivity index (χ4v) is 4.96. The number of hydrogen-bond acceptors (Lipinski definition) is 5. The van der Waals surface area contributed by atoms with Gasteiger partial charge in [0.05, 0.1) is 22.6 Å². The average Bonchev–Trinajstić information content (AvgIpc) is 3.16. The van der Waals surface area contributed by atoms with E-state index in [1.807, 2.05) is 6.92 Å². The summed E-state index contributed by atoms with van der Waals surface area (Å²) in [6, 6.07) is 0. The molecule has 0 spiro atoms. The molecule has 0 aliphatic carbocycles. The molecule has 3 rings (SSSR count). The second-order valence-electron chi connectivity index (χ2n) is 6.55. The second kappa shape index (κ2) is 7.72. The van der Waals surface area contributed by atoms with Crippen LogP contribution in [0.2, 0.25) is 0 Å². The molecule has 1 aliphatic heterocycles. The first kappa shape index (κ1) is 20.0. The van der Waals surface area contributed by atoms with Crippen LogP contribution in [-0.2, 0) is 28.4 Å². The van der Waals surface area contributed by atoms with E-state index in [4.69, 9.17) is 0 Å². The van der Waals surface area contributed by atoms with E-state index in [0.717, 1.165) is 10.2 Å². The lowest BCUT2D eigenvalue weighted by Crippen LogP contribution is -2.50. The number of rotatable bonds is 5. The summed E-state index contributed by atoms with van der Waals surface area (Å²) in [6.45, 7) is 5.52. The van der Waals surface area contributed by atoms with E-state index in [2.05, 4.69) is 26.1 Å². The summed E-state index contributed by atoms with van der Waals surface area (Å²) in [7, 11) is -1.87. The zero-order valence-electron chi connectivity index (χ0n) is 15.6. The van der Waals surface area contributed by atoms with Gasteiger partial charge in [-0.3, -0.25) is 14.2 Å². The minimum atomic E-state index is -3.59. The van der Waals surface area contributed by atoms with Gasteiger partial charge >= 0.3 is 0 Å². The number of sulfonamides is 1. The summed E-state index contributed by atoms with van der Waals surface area (Å²) in [5.41, 5.74) is 1.58. The van der Waals surface area contributed by atoms with Crippen molar-refractivity contribution in [1.82, 2.24) is 28.8 Å². The minimum absolute atomic E-state index is 0.00984. The summed E-state index contributed by atoms with van der Waals surface area (Å²) in [5.74, 6) is 0.00984. The zero-order valence-corrected chi connectivity index (χ0v) is 18.0. The summed E-state index contributed by atoms with van der Waals surface area (Å²) >= 11 is 3.40. The van der Waals surface area contributed by atoms with Crippen LogP contribution in [0.15, 0.2) is 21.8 Å². The van der Waals surface area contributed by atoms with Crippen LogP contribution in [-0.4, -0.2) is 69.3 Å². The topological polar surface area (TPSA) is 93.3 Å². The van der Waals surface area contributed by atoms with E-state index in [-0.39, 0.29) is 23.9 Å². The van der Waals surface area contributed by atoms with E-state index >= 15 is 0 Å². The zero-order chi connectivity index (χ0) is 19.8. The van der Waals surface area contributed by atoms with Crippen LogP contribution < -0.4 is 0 Å². The molecule has 1 aliphatic rings. The Bertz CT molecular complexity index is 944. The van der Waals surface area contributed by atoms with Crippen LogP contribution in [0, 0.1) is 13.8 Å². The molecule has 0 unspecified atom stereocenters. The molecule has 148 valence electrons. The van der Waals surface area contributed by atoms with Gasteiger partial charge in [0.2, 0.25) is 15.9 Å². The van der Waals surface area contributed by atoms with Crippen LogP contribution in [0.4, 0.5) is 0 Å². The Balaban J connectivity index is 1.57. The highest BCUT2D eigenvalue weighted by Crippen LogP contribution is 2.21. The fraction of sp³-hybridized carbons (Fsp3) is 0.562. The SMILES string of the molecule is Cc1c(S(=O)(=O)N2CCN(C(=O)CCn3ncc(Br)c3C)CC2)cnn1C. The molecule has 0 aromatic carbocycles. The third-order valence-electron chi connectivity index (χ3n) is 4.98. The highest BCUT2D eigenvalue weighted by molar-refractivity contribution is 9.10. The van der Waals surface area contributed by atoms with Gasteiger partial charge in [-0.25, -0.2) is 8.42 Å². The summed E-state index contributed by atoms with van der Waals surface area (Å²) < 4.78 is 31.3. The first-order chi connectivity index (χ1) is 12.7. The van der Waals surface area contributed by atoms with Crippen LogP contribution in [0.3, 0.4) is 0 Å². The number of halogens is 1. The smallest absolute Gasteiger partial charge is 0.246 e. The van der Waals surface area contributed by atoms with Crippen molar-refractivity contribution >= 4 is 31.9 Å². The molecule has 3 heterocycles. The van der Waals surface area contributed by atoms with E-state index in [0.29, 0.717) is 31.7 Å². The minimum Gasteiger partial charge on any atom is -0.340 e. The predicted molar refractivity (Wildman–Crippen MR) is 103 cm³/mol. The summed E-state index contributed by atoms with van der Waals surface area (Å²) in [6.07, 6.45) is 3.43. The van der Waals surface area contributed by atoms with Gasteiger partial charge in [0, 0.05) is 51.9 Å². The monoisotopic (exact) mass is 458 g/mol. The standard InChI is InChI=1S/C16H23BrN6O3S/c1-12-14(17)10-19-23(12)5-4-16(24)21-6-8-22(9-7-21)27(25,26)15-11-18-20(3)13(15)2/h10-11H,4-9H2,1-3H3. The second-order valence-corrected chi connectivity index (χ2v) is 9.31. The Kier molecular flexibility index (Phi) is 5.73. The Hall–Kier alpha value is -1.72. The van der Waals surface area contributed by atoms with Gasteiger partial charge in [0.15, 0.2) is 0 Å². The lowest BCUT2D eigenvalue weighted by atomic mass is 10.3. The maximum absolute atomic E-state index is 12.8. The highest BCUT2D eigenvalue weighted by Gasteiger charge is 2.32. The summed E-state index contributed by atoms with van der Waals surface area (Å²) in [4.78, 5) is 14.4. The number of carbonyl (C=O) groups excluding carboxylic acids is 1. The largest absolute Gasteiger partial charge is 0.340 e. The summed E-state index contributed by atoms with van der Waals surface area (Å²) in [5, 5.41) is 8.24. The highest BCUT2D eigenvalue weighted by atomic mass is 79.9. The van der Waals surface area contributed by atoms with Crippen molar-refractivity contribution in [1.29, 1.82) is 0 Å². The van der Waals surface area contributed by atoms with Gasteiger partial charge in [-0.15, -0.1) is 0 Å². The van der Waals surface area contributed by atoms with Crippen LogP contribution in [0.25, 0.3) is 0 Å². The molecule has 2 aromatic rings. The molecule has 1 fully saturated rings. The Morgan fingerprint density at radius 2 is 1.78 bits per heavy atom. The molecule has 0 N–H and O–H groups in total. The maximum Gasteiger partial charge on any atom is 0.246 e. The molecule has 0 atom stereocenters. The third kappa shape index (κ3) is 3.94. The molecule has 27 heavy (non-hydrogen) atoms. The van der Waals surface area contributed by atoms with Gasteiger partial charge in [0.25, 0.3) is 0 Å². The van der Waals surface area contributed by atoms with Crippen molar-refractivity contribution in [2.45, 2.75) is 31.7 Å². The number of aromatic nitrogens is 4. The van der Waals surface area contributed by atoms with E-state index in [1.54, 1.807) is 34.4 Å². The van der Waals surface area contributed by atoms with Gasteiger partial charge in [-0.1, -0.05) is 0 Å². The quantitative estimate of drug-likeness (QED) is 0.663. The number of hydrogen-bond donors (Lipinski definition) is 0. The van der Waals surface area contributed by atoms with Crippen molar-refractivity contribution in [3.63, 3.8) is 0 Å². The van der Waals surface area contributed by atoms with Crippen LogP contribution in [0.1, 0.15) is 17.8 Å². The predicted octanol–water partition coefficient (Wildman–Crippen LogP) is 0.919. The average molecular weight is 459 g/mol. The molecule has 1 amide bonds. The molecular formula is C16H23BrN6O3S. The van der Waals surface area contributed by atoms with Crippen molar-refractivity contribution in [3.8, 4) is 0 Å². The van der Waals surface area contributed by atoms with Gasteiger partial charge in [-0.05, 0) is 29.8 Å². The molecular weight excluding hydrogens is 436 g/mol. The molecule has 1 saturated heterocycles. The Morgan fingerprint density at radius 3 is 2.30 bits per heavy atom. The van der Waals surface area contributed by atoms with Crippen molar-refractivity contribution in [3.05, 3.63) is 28.3 Å². The van der Waals surface area contributed by atoms with Crippen molar-refractivity contribution < 1.29 is 13.2 Å². The van der Waals surface area contributed by atoms with Crippen LogP contribution >= 0.6 is 15.9 Å². The van der Waals surface area contributed by atoms with Crippen molar-refractivity contribution in [2.24, 2.45) is 7.05 Å². The van der Waals surface area contributed by atoms with Gasteiger partial charge < -0.3 is 4.90 Å². The molecule has 0 radical (unpaired) electrons. The number of piperazine rings is 1. The van der Waals surface area contributed by atoms with E-state index in [9.17, 15) is 13.2 Å². The molecule has 0 bridgehead atoms. The first-order valence-corrected chi connectivity index (χ1v) is 10.9. The number of amides is 1. The van der Waals surface area contributed by atoms with Gasteiger partial charge in [0.1, 0.15) is 4.90 Å². The first-order valence-electron chi connectivity index (χ1n) is 8.66. The molecule has 9 nitrogen and oxygen atoms in total. The molecule has 11 heteroatoms. The lowest BCUT2D eigenvalue weighted by Gasteiger charge is -2.34. The molecule has 2 aromatic heterocycles. The number of carbonyl (C=O) groups is 1. The van der Waals surface area contributed by atoms with E-state index in [1.165, 1.54) is 10.5 Å². The van der Waals surface area contributed by atoms with Crippen LogP contribution in [0.5, 0.6) is 0 Å². The number of nitrogens with zero attached hydrogens (tertiary/aromatic N) is 6. The Labute approximate surface area is 167 Å². The van der Waals surface area contributed by atoms with Gasteiger partial charge in [-0.2, -0.15) is 14.5 Å². The fourth-order valence-electron chi connectivity index (χ4n) is 3.06.